The molecule has 1 saturated heterocycles. The molecule has 0 aromatic carbocycles. The fraction of sp³-hybridized carbons (Fsp3) is 0.933. The van der Waals surface area contributed by atoms with Gasteiger partial charge in [0.05, 0.1) is 0 Å². The molecule has 1 aliphatic rings. The van der Waals surface area contributed by atoms with Crippen LogP contribution in [-0.2, 0) is 4.74 Å². The van der Waals surface area contributed by atoms with Gasteiger partial charge < -0.3 is 15.0 Å². The molecule has 1 amide bonds. The van der Waals surface area contributed by atoms with Gasteiger partial charge in [-0.2, -0.15) is 0 Å². The summed E-state index contributed by atoms with van der Waals surface area (Å²) in [6.07, 6.45) is 2.12. The molecule has 1 heterocycles. The van der Waals surface area contributed by atoms with Gasteiger partial charge in [0.15, 0.2) is 0 Å². The fourth-order valence-corrected chi connectivity index (χ4v) is 2.19. The Balaban J connectivity index is 2.20. The molecule has 4 nitrogen and oxygen atoms in total. The lowest BCUT2D eigenvalue weighted by atomic mass is 10.1. The maximum Gasteiger partial charge on any atom is 0.410 e. The Morgan fingerprint density at radius 1 is 1.42 bits per heavy atom. The van der Waals surface area contributed by atoms with E-state index in [1.807, 2.05) is 25.7 Å². The van der Waals surface area contributed by atoms with E-state index >= 15 is 0 Å². The van der Waals surface area contributed by atoms with Crippen LogP contribution in [0.1, 0.15) is 47.5 Å². The third-order valence-corrected chi connectivity index (χ3v) is 3.27. The van der Waals surface area contributed by atoms with E-state index in [4.69, 9.17) is 4.74 Å². The van der Waals surface area contributed by atoms with Crippen molar-refractivity contribution in [3.8, 4) is 0 Å². The van der Waals surface area contributed by atoms with E-state index in [0.717, 1.165) is 38.5 Å². The van der Waals surface area contributed by atoms with Crippen LogP contribution in [0.5, 0.6) is 0 Å². The minimum absolute atomic E-state index is 0.169. The quantitative estimate of drug-likeness (QED) is 0.781. The average molecular weight is 270 g/mol. The molecule has 0 radical (unpaired) electrons. The van der Waals surface area contributed by atoms with Gasteiger partial charge in [-0.15, -0.1) is 0 Å². The predicted molar refractivity (Wildman–Crippen MR) is 78.2 cm³/mol. The lowest BCUT2D eigenvalue weighted by Gasteiger charge is -2.24. The van der Waals surface area contributed by atoms with Crippen LogP contribution in [0.25, 0.3) is 0 Å². The van der Waals surface area contributed by atoms with E-state index in [-0.39, 0.29) is 6.09 Å². The van der Waals surface area contributed by atoms with Gasteiger partial charge in [-0.1, -0.05) is 13.8 Å². The molecule has 0 bridgehead atoms. The van der Waals surface area contributed by atoms with Crippen molar-refractivity contribution >= 4 is 6.09 Å². The van der Waals surface area contributed by atoms with Crippen molar-refractivity contribution in [2.75, 3.05) is 26.2 Å². The van der Waals surface area contributed by atoms with E-state index in [0.29, 0.717) is 5.92 Å². The number of nitrogens with one attached hydrogen (secondary N) is 1. The molecule has 1 N–H and O–H groups in total. The molecule has 112 valence electrons. The number of carbonyl (C=O) groups is 1. The first kappa shape index (κ1) is 16.3. The van der Waals surface area contributed by atoms with Crippen LogP contribution in [0.15, 0.2) is 0 Å². The molecule has 1 atom stereocenters. The second-order valence-corrected chi connectivity index (χ2v) is 6.97. The SMILES string of the molecule is CC(C)CCNCC1CCN(C(=O)OC(C)(C)C)C1. The number of hydrogen-bond acceptors (Lipinski definition) is 3. The second kappa shape index (κ2) is 7.13. The maximum absolute atomic E-state index is 11.9. The van der Waals surface area contributed by atoms with Gasteiger partial charge in [-0.25, -0.2) is 4.79 Å². The first-order valence-electron chi connectivity index (χ1n) is 7.46. The minimum atomic E-state index is -0.398. The van der Waals surface area contributed by atoms with E-state index in [9.17, 15) is 4.79 Å². The number of carbonyl (C=O) groups excluding carboxylic acids is 1. The molecule has 1 rings (SSSR count). The Bertz CT molecular complexity index is 284. The topological polar surface area (TPSA) is 41.6 Å². The highest BCUT2D eigenvalue weighted by Gasteiger charge is 2.29. The number of ether oxygens (including phenoxy) is 1. The summed E-state index contributed by atoms with van der Waals surface area (Å²) in [7, 11) is 0. The normalized spacial score (nSPS) is 20.1. The van der Waals surface area contributed by atoms with Crippen molar-refractivity contribution in [2.45, 2.75) is 53.1 Å². The molecule has 1 fully saturated rings. The highest BCUT2D eigenvalue weighted by Crippen LogP contribution is 2.18. The monoisotopic (exact) mass is 270 g/mol. The van der Waals surface area contributed by atoms with Crippen LogP contribution in [0, 0.1) is 11.8 Å². The molecule has 0 aromatic rings. The smallest absolute Gasteiger partial charge is 0.410 e. The van der Waals surface area contributed by atoms with Gasteiger partial charge in [0.25, 0.3) is 0 Å². The van der Waals surface area contributed by atoms with Gasteiger partial charge in [-0.05, 0) is 58.5 Å². The summed E-state index contributed by atoms with van der Waals surface area (Å²) >= 11 is 0. The third kappa shape index (κ3) is 6.81. The van der Waals surface area contributed by atoms with Crippen LogP contribution in [0.3, 0.4) is 0 Å². The van der Waals surface area contributed by atoms with Crippen molar-refractivity contribution in [3.05, 3.63) is 0 Å². The Hall–Kier alpha value is -0.770. The molecule has 0 aromatic heterocycles. The first-order chi connectivity index (χ1) is 8.78. The zero-order chi connectivity index (χ0) is 14.5. The molecule has 0 spiro atoms. The average Bonchev–Trinajstić information content (AvgIpc) is 2.70. The Morgan fingerprint density at radius 2 is 2.11 bits per heavy atom. The summed E-state index contributed by atoms with van der Waals surface area (Å²) in [6, 6.07) is 0. The molecule has 1 unspecified atom stereocenters. The number of nitrogens with zero attached hydrogens (tertiary/aromatic N) is 1. The first-order valence-corrected chi connectivity index (χ1v) is 7.46. The lowest BCUT2D eigenvalue weighted by molar-refractivity contribution is 0.0288. The van der Waals surface area contributed by atoms with Gasteiger partial charge in [-0.3, -0.25) is 0 Å². The summed E-state index contributed by atoms with van der Waals surface area (Å²) in [4.78, 5) is 13.7. The van der Waals surface area contributed by atoms with Crippen molar-refractivity contribution in [1.29, 1.82) is 0 Å². The van der Waals surface area contributed by atoms with Gasteiger partial charge >= 0.3 is 6.09 Å². The molecule has 0 saturated carbocycles. The van der Waals surface area contributed by atoms with Crippen molar-refractivity contribution in [1.82, 2.24) is 10.2 Å². The molecule has 4 heteroatoms. The molecule has 0 aliphatic carbocycles. The molecule has 19 heavy (non-hydrogen) atoms. The van der Waals surface area contributed by atoms with Crippen LogP contribution in [-0.4, -0.2) is 42.8 Å². The predicted octanol–water partition coefficient (Wildman–Crippen LogP) is 2.88. The van der Waals surface area contributed by atoms with Crippen LogP contribution < -0.4 is 5.32 Å². The third-order valence-electron chi connectivity index (χ3n) is 3.27. The lowest BCUT2D eigenvalue weighted by Crippen LogP contribution is -2.36. The maximum atomic E-state index is 11.9. The van der Waals surface area contributed by atoms with E-state index in [2.05, 4.69) is 19.2 Å². The van der Waals surface area contributed by atoms with E-state index in [1.165, 1.54) is 6.42 Å². The zero-order valence-electron chi connectivity index (χ0n) is 13.2. The molecular formula is C15H30N2O2. The van der Waals surface area contributed by atoms with Gasteiger partial charge in [0.1, 0.15) is 5.60 Å². The van der Waals surface area contributed by atoms with Crippen molar-refractivity contribution < 1.29 is 9.53 Å². The number of rotatable bonds is 5. The second-order valence-electron chi connectivity index (χ2n) is 6.97. The highest BCUT2D eigenvalue weighted by molar-refractivity contribution is 5.68. The van der Waals surface area contributed by atoms with Crippen LogP contribution >= 0.6 is 0 Å². The standard InChI is InChI=1S/C15H30N2O2/c1-12(2)6-8-16-10-13-7-9-17(11-13)14(18)19-15(3,4)5/h12-13,16H,6-11H2,1-5H3. The highest BCUT2D eigenvalue weighted by atomic mass is 16.6. The Morgan fingerprint density at radius 3 is 2.68 bits per heavy atom. The number of likely N-dealkylation sites (tertiary alicyclic amines) is 1. The summed E-state index contributed by atoms with van der Waals surface area (Å²) in [5.74, 6) is 1.31. The minimum Gasteiger partial charge on any atom is -0.444 e. The summed E-state index contributed by atoms with van der Waals surface area (Å²) in [5, 5.41) is 3.49. The van der Waals surface area contributed by atoms with E-state index < -0.39 is 5.60 Å². The van der Waals surface area contributed by atoms with Gasteiger partial charge in [0, 0.05) is 13.1 Å². The zero-order valence-corrected chi connectivity index (χ0v) is 13.2. The largest absolute Gasteiger partial charge is 0.444 e. The number of amides is 1. The van der Waals surface area contributed by atoms with Crippen LogP contribution in [0.4, 0.5) is 4.79 Å². The number of hydrogen-bond donors (Lipinski definition) is 1. The van der Waals surface area contributed by atoms with Crippen molar-refractivity contribution in [3.63, 3.8) is 0 Å². The summed E-state index contributed by atoms with van der Waals surface area (Å²) < 4.78 is 5.39. The summed E-state index contributed by atoms with van der Waals surface area (Å²) in [5.41, 5.74) is -0.398. The Labute approximate surface area is 117 Å². The van der Waals surface area contributed by atoms with E-state index in [1.54, 1.807) is 0 Å². The van der Waals surface area contributed by atoms with Crippen molar-refractivity contribution in [2.24, 2.45) is 11.8 Å². The molecular weight excluding hydrogens is 240 g/mol. The fourth-order valence-electron chi connectivity index (χ4n) is 2.19. The molecule has 1 aliphatic heterocycles. The van der Waals surface area contributed by atoms with Crippen LogP contribution in [0.2, 0.25) is 0 Å². The summed E-state index contributed by atoms with van der Waals surface area (Å²) in [6.45, 7) is 13.9. The van der Waals surface area contributed by atoms with Gasteiger partial charge in [0.2, 0.25) is 0 Å². The Kier molecular flexibility index (Phi) is 6.11.